The standard InChI is InChI=1S/C12H18FN3O2/c1-3-15(4-2)9-8-14-11-7-5-6-10(13)12(11)16(17)18/h5-7,14H,3-4,8-9H2,1-2H3. The molecule has 0 saturated carbocycles. The molecule has 0 saturated heterocycles. The molecule has 1 aromatic carbocycles. The number of likely N-dealkylation sites (N-methyl/N-ethyl adjacent to an activating group) is 1. The molecule has 0 aliphatic carbocycles. The predicted octanol–water partition coefficient (Wildman–Crippen LogP) is 2.49. The van der Waals surface area contributed by atoms with Gasteiger partial charge in [0.05, 0.1) is 4.92 Å². The van der Waals surface area contributed by atoms with E-state index in [4.69, 9.17) is 0 Å². The third-order valence-corrected chi connectivity index (χ3v) is 2.81. The molecule has 0 amide bonds. The van der Waals surface area contributed by atoms with Gasteiger partial charge in [0.2, 0.25) is 5.82 Å². The van der Waals surface area contributed by atoms with E-state index in [1.165, 1.54) is 12.1 Å². The second-order valence-electron chi connectivity index (χ2n) is 3.85. The number of para-hydroxylation sites is 1. The molecule has 0 bridgehead atoms. The van der Waals surface area contributed by atoms with Gasteiger partial charge in [0.1, 0.15) is 5.69 Å². The van der Waals surface area contributed by atoms with Crippen molar-refractivity contribution in [1.82, 2.24) is 4.90 Å². The van der Waals surface area contributed by atoms with E-state index in [-0.39, 0.29) is 5.69 Å². The first-order chi connectivity index (χ1) is 8.60. The molecule has 0 atom stereocenters. The second-order valence-corrected chi connectivity index (χ2v) is 3.85. The van der Waals surface area contributed by atoms with E-state index in [0.29, 0.717) is 6.54 Å². The third kappa shape index (κ3) is 3.66. The number of halogens is 1. The third-order valence-electron chi connectivity index (χ3n) is 2.81. The summed E-state index contributed by atoms with van der Waals surface area (Å²) in [6.07, 6.45) is 0. The Balaban J connectivity index is 2.67. The molecule has 0 aromatic heterocycles. The first kappa shape index (κ1) is 14.4. The van der Waals surface area contributed by atoms with Gasteiger partial charge in [0.25, 0.3) is 0 Å². The van der Waals surface area contributed by atoms with Crippen molar-refractivity contribution in [2.75, 3.05) is 31.5 Å². The highest BCUT2D eigenvalue weighted by Crippen LogP contribution is 2.26. The number of nitro groups is 1. The maximum Gasteiger partial charge on any atom is 0.327 e. The van der Waals surface area contributed by atoms with Crippen LogP contribution < -0.4 is 5.32 Å². The molecule has 1 aromatic rings. The van der Waals surface area contributed by atoms with Crippen LogP contribution in [0.25, 0.3) is 0 Å². The molecule has 0 aliphatic rings. The number of nitrogens with zero attached hydrogens (tertiary/aromatic N) is 2. The van der Waals surface area contributed by atoms with Crippen molar-refractivity contribution in [1.29, 1.82) is 0 Å². The van der Waals surface area contributed by atoms with Gasteiger partial charge >= 0.3 is 5.69 Å². The van der Waals surface area contributed by atoms with Crippen molar-refractivity contribution in [3.63, 3.8) is 0 Å². The zero-order chi connectivity index (χ0) is 13.5. The molecule has 0 radical (unpaired) electrons. The van der Waals surface area contributed by atoms with Crippen LogP contribution in [0.4, 0.5) is 15.8 Å². The van der Waals surface area contributed by atoms with E-state index >= 15 is 0 Å². The van der Waals surface area contributed by atoms with Crippen LogP contribution in [0.1, 0.15) is 13.8 Å². The first-order valence-corrected chi connectivity index (χ1v) is 5.99. The monoisotopic (exact) mass is 255 g/mol. The highest BCUT2D eigenvalue weighted by Gasteiger charge is 2.19. The summed E-state index contributed by atoms with van der Waals surface area (Å²) in [5.41, 5.74) is -0.260. The van der Waals surface area contributed by atoms with Crippen molar-refractivity contribution in [3.05, 3.63) is 34.1 Å². The summed E-state index contributed by atoms with van der Waals surface area (Å²) in [6, 6.07) is 4.07. The number of hydrogen-bond acceptors (Lipinski definition) is 4. The molecule has 100 valence electrons. The van der Waals surface area contributed by atoms with Crippen LogP contribution in [0, 0.1) is 15.9 Å². The van der Waals surface area contributed by atoms with Gasteiger partial charge in [-0.25, -0.2) is 0 Å². The predicted molar refractivity (Wildman–Crippen MR) is 69.3 cm³/mol. The van der Waals surface area contributed by atoms with Gasteiger partial charge in [-0.3, -0.25) is 10.1 Å². The number of hydrogen-bond donors (Lipinski definition) is 1. The fourth-order valence-electron chi connectivity index (χ4n) is 1.73. The molecular formula is C12H18FN3O2. The van der Waals surface area contributed by atoms with Gasteiger partial charge in [-0.2, -0.15) is 4.39 Å². The largest absolute Gasteiger partial charge is 0.378 e. The summed E-state index contributed by atoms with van der Waals surface area (Å²) < 4.78 is 13.3. The lowest BCUT2D eigenvalue weighted by Crippen LogP contribution is -2.28. The van der Waals surface area contributed by atoms with Gasteiger partial charge in [-0.05, 0) is 25.2 Å². The summed E-state index contributed by atoms with van der Waals surface area (Å²) in [5.74, 6) is -0.812. The lowest BCUT2D eigenvalue weighted by atomic mass is 10.2. The van der Waals surface area contributed by atoms with Crippen LogP contribution in [0.15, 0.2) is 18.2 Å². The van der Waals surface area contributed by atoms with Crippen molar-refractivity contribution >= 4 is 11.4 Å². The fraction of sp³-hybridized carbons (Fsp3) is 0.500. The molecule has 6 heteroatoms. The van der Waals surface area contributed by atoms with E-state index in [9.17, 15) is 14.5 Å². The fourth-order valence-corrected chi connectivity index (χ4v) is 1.73. The van der Waals surface area contributed by atoms with Gasteiger partial charge in [-0.15, -0.1) is 0 Å². The van der Waals surface area contributed by atoms with Crippen molar-refractivity contribution < 1.29 is 9.31 Å². The Kier molecular flexibility index (Phi) is 5.51. The van der Waals surface area contributed by atoms with Crippen LogP contribution in [-0.2, 0) is 0 Å². The molecule has 5 nitrogen and oxygen atoms in total. The first-order valence-electron chi connectivity index (χ1n) is 5.99. The van der Waals surface area contributed by atoms with Crippen LogP contribution in [0.3, 0.4) is 0 Å². The molecule has 0 heterocycles. The van der Waals surface area contributed by atoms with E-state index in [1.54, 1.807) is 0 Å². The summed E-state index contributed by atoms with van der Waals surface area (Å²) in [4.78, 5) is 12.2. The normalized spacial score (nSPS) is 10.7. The second kappa shape index (κ2) is 6.90. The van der Waals surface area contributed by atoms with Crippen LogP contribution >= 0.6 is 0 Å². The Bertz CT molecular complexity index is 408. The molecule has 0 aliphatic heterocycles. The SMILES string of the molecule is CCN(CC)CCNc1cccc(F)c1[N+](=O)[O-]. The Morgan fingerprint density at radius 3 is 2.61 bits per heavy atom. The molecule has 0 unspecified atom stereocenters. The number of benzene rings is 1. The molecule has 1 N–H and O–H groups in total. The molecule has 0 fully saturated rings. The average molecular weight is 255 g/mol. The van der Waals surface area contributed by atoms with Crippen molar-refractivity contribution in [2.45, 2.75) is 13.8 Å². The van der Waals surface area contributed by atoms with Crippen LogP contribution in [0.5, 0.6) is 0 Å². The van der Waals surface area contributed by atoms with Gasteiger partial charge in [-0.1, -0.05) is 19.9 Å². The topological polar surface area (TPSA) is 58.4 Å². The van der Waals surface area contributed by atoms with Crippen molar-refractivity contribution in [3.8, 4) is 0 Å². The number of nitrogens with one attached hydrogen (secondary N) is 1. The van der Waals surface area contributed by atoms with E-state index < -0.39 is 16.4 Å². The lowest BCUT2D eigenvalue weighted by Gasteiger charge is -2.18. The zero-order valence-electron chi connectivity index (χ0n) is 10.6. The van der Waals surface area contributed by atoms with Gasteiger partial charge < -0.3 is 10.2 Å². The highest BCUT2D eigenvalue weighted by molar-refractivity contribution is 5.61. The molecule has 0 spiro atoms. The minimum atomic E-state index is -0.812. The quantitative estimate of drug-likeness (QED) is 0.600. The van der Waals surface area contributed by atoms with E-state index in [2.05, 4.69) is 10.2 Å². The lowest BCUT2D eigenvalue weighted by molar-refractivity contribution is -0.386. The smallest absolute Gasteiger partial charge is 0.327 e. The number of nitro benzene ring substituents is 1. The minimum absolute atomic E-state index is 0.229. The molecule has 1 rings (SSSR count). The number of anilines is 1. The van der Waals surface area contributed by atoms with Gasteiger partial charge in [0.15, 0.2) is 0 Å². The summed E-state index contributed by atoms with van der Waals surface area (Å²) >= 11 is 0. The zero-order valence-corrected chi connectivity index (χ0v) is 10.6. The Labute approximate surface area is 106 Å². The van der Waals surface area contributed by atoms with Crippen LogP contribution in [0.2, 0.25) is 0 Å². The highest BCUT2D eigenvalue weighted by atomic mass is 19.1. The maximum atomic E-state index is 13.3. The Morgan fingerprint density at radius 1 is 1.39 bits per heavy atom. The Hall–Kier alpha value is -1.69. The maximum absolute atomic E-state index is 13.3. The van der Waals surface area contributed by atoms with E-state index in [1.807, 2.05) is 13.8 Å². The molecule has 18 heavy (non-hydrogen) atoms. The number of rotatable bonds is 7. The summed E-state index contributed by atoms with van der Waals surface area (Å²) in [5, 5.41) is 13.7. The summed E-state index contributed by atoms with van der Waals surface area (Å²) in [7, 11) is 0. The molecular weight excluding hydrogens is 237 g/mol. The summed E-state index contributed by atoms with van der Waals surface area (Å²) in [6.45, 7) is 7.25. The minimum Gasteiger partial charge on any atom is -0.378 e. The Morgan fingerprint density at radius 2 is 2.06 bits per heavy atom. The van der Waals surface area contributed by atoms with Crippen LogP contribution in [-0.4, -0.2) is 36.0 Å². The van der Waals surface area contributed by atoms with E-state index in [0.717, 1.165) is 25.7 Å². The van der Waals surface area contributed by atoms with Gasteiger partial charge in [0, 0.05) is 13.1 Å². The van der Waals surface area contributed by atoms with Crippen molar-refractivity contribution in [2.24, 2.45) is 0 Å². The average Bonchev–Trinajstić information content (AvgIpc) is 2.34.